The lowest BCUT2D eigenvalue weighted by atomic mass is 10.1. The summed E-state index contributed by atoms with van der Waals surface area (Å²) >= 11 is 0. The molecule has 0 spiro atoms. The molecule has 5 nitrogen and oxygen atoms in total. The molecule has 0 atom stereocenters. The Kier molecular flexibility index (Phi) is 5.58. The quantitative estimate of drug-likeness (QED) is 0.739. The number of nitrogen functional groups attached to an aromatic ring is 1. The van der Waals surface area contributed by atoms with Crippen LogP contribution in [0.3, 0.4) is 0 Å². The van der Waals surface area contributed by atoms with E-state index in [1.807, 2.05) is 39.0 Å². The zero-order valence-electron chi connectivity index (χ0n) is 14.2. The molecular formula is C19H23N3O2. The lowest BCUT2D eigenvalue weighted by Crippen LogP contribution is -2.30. The van der Waals surface area contributed by atoms with Gasteiger partial charge in [0.1, 0.15) is 0 Å². The van der Waals surface area contributed by atoms with Crippen LogP contribution in [0.15, 0.2) is 42.5 Å². The first-order chi connectivity index (χ1) is 11.3. The van der Waals surface area contributed by atoms with Crippen LogP contribution in [0.5, 0.6) is 0 Å². The van der Waals surface area contributed by atoms with Crippen molar-refractivity contribution >= 4 is 23.2 Å². The molecule has 0 aliphatic rings. The lowest BCUT2D eigenvalue weighted by Gasteiger charge is -2.12. The van der Waals surface area contributed by atoms with Gasteiger partial charge in [0, 0.05) is 23.0 Å². The highest BCUT2D eigenvalue weighted by molar-refractivity contribution is 5.98. The number of carbonyl (C=O) groups is 2. The van der Waals surface area contributed by atoms with Crippen LogP contribution in [0.25, 0.3) is 0 Å². The van der Waals surface area contributed by atoms with Gasteiger partial charge >= 0.3 is 0 Å². The van der Waals surface area contributed by atoms with Gasteiger partial charge in [0.05, 0.1) is 6.42 Å². The van der Waals surface area contributed by atoms with Crippen molar-refractivity contribution in [2.75, 3.05) is 11.1 Å². The third-order valence-corrected chi connectivity index (χ3v) is 3.53. The van der Waals surface area contributed by atoms with Gasteiger partial charge in [0.25, 0.3) is 5.91 Å². The van der Waals surface area contributed by atoms with Crippen molar-refractivity contribution in [3.05, 3.63) is 59.2 Å². The number of nitrogens with two attached hydrogens (primary N) is 1. The Morgan fingerprint density at radius 1 is 1.08 bits per heavy atom. The molecule has 2 aromatic rings. The molecular weight excluding hydrogens is 302 g/mol. The van der Waals surface area contributed by atoms with Gasteiger partial charge in [-0.25, -0.2) is 0 Å². The number of benzene rings is 2. The van der Waals surface area contributed by atoms with Crippen molar-refractivity contribution in [2.45, 2.75) is 33.2 Å². The predicted molar refractivity (Wildman–Crippen MR) is 97.0 cm³/mol. The van der Waals surface area contributed by atoms with E-state index in [-0.39, 0.29) is 24.3 Å². The Bertz CT molecular complexity index is 737. The van der Waals surface area contributed by atoms with Crippen molar-refractivity contribution in [3.63, 3.8) is 0 Å². The highest BCUT2D eigenvalue weighted by atomic mass is 16.2. The zero-order valence-corrected chi connectivity index (χ0v) is 14.2. The molecule has 0 aromatic heterocycles. The molecule has 24 heavy (non-hydrogen) atoms. The molecule has 126 valence electrons. The molecule has 0 fully saturated rings. The monoisotopic (exact) mass is 325 g/mol. The number of nitrogens with one attached hydrogen (secondary N) is 2. The Hall–Kier alpha value is -2.82. The van der Waals surface area contributed by atoms with E-state index in [2.05, 4.69) is 10.6 Å². The first-order valence-corrected chi connectivity index (χ1v) is 7.91. The zero-order chi connectivity index (χ0) is 17.7. The van der Waals surface area contributed by atoms with E-state index >= 15 is 0 Å². The van der Waals surface area contributed by atoms with Gasteiger partial charge in [0.2, 0.25) is 5.91 Å². The molecule has 0 aliphatic carbocycles. The highest BCUT2D eigenvalue weighted by Gasteiger charge is 2.12. The summed E-state index contributed by atoms with van der Waals surface area (Å²) in [7, 11) is 0. The Morgan fingerprint density at radius 2 is 1.75 bits per heavy atom. The maximum Gasteiger partial charge on any atom is 0.251 e. The summed E-state index contributed by atoms with van der Waals surface area (Å²) in [5.74, 6) is -0.282. The maximum absolute atomic E-state index is 12.2. The van der Waals surface area contributed by atoms with E-state index in [4.69, 9.17) is 5.73 Å². The number of anilines is 2. The summed E-state index contributed by atoms with van der Waals surface area (Å²) in [5.41, 5.74) is 9.22. The molecule has 5 heteroatoms. The van der Waals surface area contributed by atoms with Gasteiger partial charge in [0.15, 0.2) is 0 Å². The molecule has 2 aromatic carbocycles. The van der Waals surface area contributed by atoms with Crippen molar-refractivity contribution in [1.29, 1.82) is 0 Å². The van der Waals surface area contributed by atoms with Gasteiger partial charge < -0.3 is 16.4 Å². The number of carbonyl (C=O) groups excluding carboxylic acids is 2. The summed E-state index contributed by atoms with van der Waals surface area (Å²) in [4.78, 5) is 24.4. The van der Waals surface area contributed by atoms with Crippen LogP contribution in [-0.4, -0.2) is 17.9 Å². The third-order valence-electron chi connectivity index (χ3n) is 3.53. The number of rotatable bonds is 5. The summed E-state index contributed by atoms with van der Waals surface area (Å²) in [6.45, 7) is 5.69. The largest absolute Gasteiger partial charge is 0.399 e. The lowest BCUT2D eigenvalue weighted by molar-refractivity contribution is -0.115. The summed E-state index contributed by atoms with van der Waals surface area (Å²) in [6.07, 6.45) is 0.252. The number of aryl methyl sites for hydroxylation is 1. The molecule has 0 unspecified atom stereocenters. The second kappa shape index (κ2) is 7.64. The van der Waals surface area contributed by atoms with Crippen molar-refractivity contribution in [2.24, 2.45) is 0 Å². The van der Waals surface area contributed by atoms with Crippen LogP contribution in [0, 0.1) is 6.92 Å². The Balaban J connectivity index is 2.07. The SMILES string of the molecule is Cc1ccc(NC(=O)Cc2ccc(N)cc2)cc1C(=O)NC(C)C. The van der Waals surface area contributed by atoms with Crippen LogP contribution >= 0.6 is 0 Å². The van der Waals surface area contributed by atoms with Crippen LogP contribution < -0.4 is 16.4 Å². The predicted octanol–water partition coefficient (Wildman–Crippen LogP) is 2.90. The van der Waals surface area contributed by atoms with Gasteiger partial charge in [-0.05, 0) is 56.2 Å². The van der Waals surface area contributed by atoms with Crippen LogP contribution in [-0.2, 0) is 11.2 Å². The first-order valence-electron chi connectivity index (χ1n) is 7.91. The van der Waals surface area contributed by atoms with E-state index in [0.29, 0.717) is 16.9 Å². The minimum Gasteiger partial charge on any atom is -0.399 e. The van der Waals surface area contributed by atoms with Crippen LogP contribution in [0.2, 0.25) is 0 Å². The average molecular weight is 325 g/mol. The highest BCUT2D eigenvalue weighted by Crippen LogP contribution is 2.16. The van der Waals surface area contributed by atoms with E-state index < -0.39 is 0 Å². The maximum atomic E-state index is 12.2. The van der Waals surface area contributed by atoms with E-state index in [0.717, 1.165) is 11.1 Å². The smallest absolute Gasteiger partial charge is 0.251 e. The van der Waals surface area contributed by atoms with Crippen molar-refractivity contribution in [1.82, 2.24) is 5.32 Å². The fraction of sp³-hybridized carbons (Fsp3) is 0.263. The van der Waals surface area contributed by atoms with Gasteiger partial charge in [-0.15, -0.1) is 0 Å². The molecule has 0 heterocycles. The Morgan fingerprint density at radius 3 is 2.38 bits per heavy atom. The van der Waals surface area contributed by atoms with Crippen LogP contribution in [0.1, 0.15) is 35.3 Å². The fourth-order valence-electron chi connectivity index (χ4n) is 2.31. The normalized spacial score (nSPS) is 10.5. The summed E-state index contributed by atoms with van der Waals surface area (Å²) < 4.78 is 0. The summed E-state index contributed by atoms with van der Waals surface area (Å²) in [6, 6.07) is 12.6. The van der Waals surface area contributed by atoms with Gasteiger partial charge in [-0.3, -0.25) is 9.59 Å². The first kappa shape index (κ1) is 17.5. The molecule has 0 saturated heterocycles. The number of hydrogen-bond acceptors (Lipinski definition) is 3. The second-order valence-corrected chi connectivity index (χ2v) is 6.12. The van der Waals surface area contributed by atoms with Gasteiger partial charge in [-0.2, -0.15) is 0 Å². The third kappa shape index (κ3) is 4.84. The molecule has 4 N–H and O–H groups in total. The number of amides is 2. The fourth-order valence-corrected chi connectivity index (χ4v) is 2.31. The second-order valence-electron chi connectivity index (χ2n) is 6.12. The molecule has 0 saturated carbocycles. The molecule has 2 rings (SSSR count). The molecule has 2 amide bonds. The minimum atomic E-state index is -0.142. The van der Waals surface area contributed by atoms with Crippen LogP contribution in [0.4, 0.5) is 11.4 Å². The molecule has 0 bridgehead atoms. The average Bonchev–Trinajstić information content (AvgIpc) is 2.50. The minimum absolute atomic E-state index is 0.0562. The van der Waals surface area contributed by atoms with Crippen molar-refractivity contribution < 1.29 is 9.59 Å². The summed E-state index contributed by atoms with van der Waals surface area (Å²) in [5, 5.41) is 5.69. The topological polar surface area (TPSA) is 84.2 Å². The van der Waals surface area contributed by atoms with E-state index in [1.54, 1.807) is 24.3 Å². The molecule has 0 radical (unpaired) electrons. The number of hydrogen-bond donors (Lipinski definition) is 3. The van der Waals surface area contributed by atoms with E-state index in [9.17, 15) is 9.59 Å². The van der Waals surface area contributed by atoms with Gasteiger partial charge in [-0.1, -0.05) is 18.2 Å². The Labute approximate surface area is 142 Å². The van der Waals surface area contributed by atoms with E-state index in [1.165, 1.54) is 0 Å². The van der Waals surface area contributed by atoms with Crippen molar-refractivity contribution in [3.8, 4) is 0 Å². The molecule has 0 aliphatic heterocycles. The standard InChI is InChI=1S/C19H23N3O2/c1-12(2)21-19(24)17-11-16(9-4-13(17)3)22-18(23)10-14-5-7-15(20)8-6-14/h4-9,11-12H,10,20H2,1-3H3,(H,21,24)(H,22,23).